The number of carbonyl (C=O) groups is 3. The van der Waals surface area contributed by atoms with Gasteiger partial charge in [0.25, 0.3) is 0 Å². The first-order valence-corrected chi connectivity index (χ1v) is 10.6. The molecule has 0 radical (unpaired) electrons. The van der Waals surface area contributed by atoms with Crippen LogP contribution in [-0.4, -0.2) is 42.3 Å². The maximum atomic E-state index is 12.3. The van der Waals surface area contributed by atoms with Crippen molar-refractivity contribution in [2.24, 2.45) is 0 Å². The topological polar surface area (TPSA) is 105 Å². The summed E-state index contributed by atoms with van der Waals surface area (Å²) in [6.45, 7) is 3.67. The van der Waals surface area contributed by atoms with Gasteiger partial charge < -0.3 is 20.5 Å². The first-order valence-electron chi connectivity index (χ1n) is 10.6. The van der Waals surface area contributed by atoms with Crippen LogP contribution in [0.3, 0.4) is 0 Å². The monoisotopic (exact) mass is 436 g/mol. The number of aliphatic carboxylic acids is 1. The lowest BCUT2D eigenvalue weighted by Gasteiger charge is -2.17. The third-order valence-corrected chi connectivity index (χ3v) is 5.56. The van der Waals surface area contributed by atoms with Gasteiger partial charge in [-0.2, -0.15) is 0 Å². The lowest BCUT2D eigenvalue weighted by molar-refractivity contribution is -0.132. The minimum Gasteiger partial charge on any atom is -0.478 e. The number of fused-ring (bicyclic) bond motifs is 3. The molecule has 2 aromatic rings. The summed E-state index contributed by atoms with van der Waals surface area (Å²) in [5.74, 6) is -1.22. The number of carbonyl (C=O) groups excluding carboxylic acids is 2. The van der Waals surface area contributed by atoms with Crippen molar-refractivity contribution in [1.82, 2.24) is 10.6 Å². The smallest absolute Gasteiger partial charge is 0.407 e. The second-order valence-corrected chi connectivity index (χ2v) is 7.91. The van der Waals surface area contributed by atoms with Crippen LogP contribution in [0.5, 0.6) is 0 Å². The maximum Gasteiger partial charge on any atom is 0.407 e. The Hall–Kier alpha value is -3.61. The molecular formula is C25H28N2O5. The Labute approximate surface area is 187 Å². The molecule has 1 atom stereocenters. The molecule has 0 spiro atoms. The van der Waals surface area contributed by atoms with Crippen molar-refractivity contribution in [3.8, 4) is 11.1 Å². The van der Waals surface area contributed by atoms with Crippen LogP contribution in [0.4, 0.5) is 4.79 Å². The van der Waals surface area contributed by atoms with E-state index in [4.69, 9.17) is 9.84 Å². The van der Waals surface area contributed by atoms with E-state index < -0.39 is 12.1 Å². The summed E-state index contributed by atoms with van der Waals surface area (Å²) < 4.78 is 5.52. The van der Waals surface area contributed by atoms with E-state index in [1.807, 2.05) is 31.2 Å². The minimum absolute atomic E-state index is 0.00320. The van der Waals surface area contributed by atoms with E-state index in [1.165, 1.54) is 24.1 Å². The number of nitrogens with one attached hydrogen (secondary N) is 2. The molecule has 0 aliphatic heterocycles. The summed E-state index contributed by atoms with van der Waals surface area (Å²) >= 11 is 0. The van der Waals surface area contributed by atoms with Crippen LogP contribution in [0.25, 0.3) is 11.1 Å². The van der Waals surface area contributed by atoms with E-state index in [0.717, 1.165) is 11.1 Å². The van der Waals surface area contributed by atoms with Crippen LogP contribution in [0.1, 0.15) is 43.7 Å². The van der Waals surface area contributed by atoms with Gasteiger partial charge in [-0.15, -0.1) is 0 Å². The summed E-state index contributed by atoms with van der Waals surface area (Å²) in [5, 5.41) is 14.2. The molecule has 2 aromatic carbocycles. The summed E-state index contributed by atoms with van der Waals surface area (Å²) in [6.07, 6.45) is 1.58. The Bertz CT molecular complexity index is 985. The highest BCUT2D eigenvalue weighted by atomic mass is 16.5. The quantitative estimate of drug-likeness (QED) is 0.518. The Morgan fingerprint density at radius 2 is 1.66 bits per heavy atom. The molecular weight excluding hydrogens is 408 g/mol. The van der Waals surface area contributed by atoms with Gasteiger partial charge in [-0.05, 0) is 42.5 Å². The van der Waals surface area contributed by atoms with Crippen molar-refractivity contribution in [2.75, 3.05) is 13.2 Å². The van der Waals surface area contributed by atoms with Gasteiger partial charge in [-0.1, -0.05) is 54.6 Å². The SMILES string of the molecule is C/C(=C\CNC(=O)CCC(C)NC(=O)OCC1c2ccccc2-c2ccccc21)C(=O)O. The number of hydrogen-bond donors (Lipinski definition) is 3. The minimum atomic E-state index is -1.01. The third-order valence-electron chi connectivity index (χ3n) is 5.56. The maximum absolute atomic E-state index is 12.3. The molecule has 7 heteroatoms. The van der Waals surface area contributed by atoms with E-state index in [-0.39, 0.29) is 43.0 Å². The van der Waals surface area contributed by atoms with Crippen LogP contribution in [-0.2, 0) is 14.3 Å². The zero-order chi connectivity index (χ0) is 23.1. The average Bonchev–Trinajstić information content (AvgIpc) is 3.10. The summed E-state index contributed by atoms with van der Waals surface area (Å²) in [4.78, 5) is 34.9. The number of carboxylic acids is 1. The molecule has 1 unspecified atom stereocenters. The number of benzene rings is 2. The van der Waals surface area contributed by atoms with Crippen molar-refractivity contribution in [1.29, 1.82) is 0 Å². The predicted octanol–water partition coefficient (Wildman–Crippen LogP) is 3.84. The highest BCUT2D eigenvalue weighted by Crippen LogP contribution is 2.44. The van der Waals surface area contributed by atoms with E-state index in [1.54, 1.807) is 0 Å². The Morgan fingerprint density at radius 3 is 2.25 bits per heavy atom. The van der Waals surface area contributed by atoms with Crippen molar-refractivity contribution in [3.05, 3.63) is 71.3 Å². The standard InChI is InChI=1S/C25H28N2O5/c1-16(24(29)30)13-14-26-23(28)12-11-17(2)27-25(31)32-15-22-20-9-5-3-7-18(20)19-8-4-6-10-21(19)22/h3-10,13,17,22H,11-12,14-15H2,1-2H3,(H,26,28)(H,27,31)(H,29,30)/b16-13+. The van der Waals surface area contributed by atoms with E-state index in [0.29, 0.717) is 6.42 Å². The molecule has 0 aromatic heterocycles. The molecule has 3 N–H and O–H groups in total. The predicted molar refractivity (Wildman–Crippen MR) is 121 cm³/mol. The summed E-state index contributed by atoms with van der Waals surface area (Å²) in [7, 11) is 0. The Kier molecular flexibility index (Phi) is 7.65. The van der Waals surface area contributed by atoms with Gasteiger partial charge in [0.1, 0.15) is 6.61 Å². The highest BCUT2D eigenvalue weighted by Gasteiger charge is 2.29. The number of amides is 2. The second-order valence-electron chi connectivity index (χ2n) is 7.91. The zero-order valence-corrected chi connectivity index (χ0v) is 18.3. The van der Waals surface area contributed by atoms with Crippen molar-refractivity contribution < 1.29 is 24.2 Å². The van der Waals surface area contributed by atoms with Gasteiger partial charge in [0.15, 0.2) is 0 Å². The van der Waals surface area contributed by atoms with Crippen LogP contribution < -0.4 is 10.6 Å². The number of rotatable bonds is 9. The molecule has 32 heavy (non-hydrogen) atoms. The third kappa shape index (κ3) is 5.75. The Balaban J connectivity index is 1.44. The number of carboxylic acid groups (broad SMARTS) is 1. The van der Waals surface area contributed by atoms with Crippen LogP contribution in [0.2, 0.25) is 0 Å². The van der Waals surface area contributed by atoms with Crippen LogP contribution in [0.15, 0.2) is 60.2 Å². The summed E-state index contributed by atoms with van der Waals surface area (Å²) in [5.41, 5.74) is 4.82. The fourth-order valence-electron chi connectivity index (χ4n) is 3.75. The van der Waals surface area contributed by atoms with Gasteiger partial charge in [-0.25, -0.2) is 9.59 Å². The number of alkyl carbamates (subject to hydrolysis) is 1. The van der Waals surface area contributed by atoms with E-state index in [2.05, 4.69) is 34.9 Å². The van der Waals surface area contributed by atoms with Gasteiger partial charge in [0.05, 0.1) is 0 Å². The molecule has 3 rings (SSSR count). The van der Waals surface area contributed by atoms with Gasteiger partial charge in [-0.3, -0.25) is 4.79 Å². The van der Waals surface area contributed by atoms with Gasteiger partial charge in [0.2, 0.25) is 5.91 Å². The molecule has 0 saturated heterocycles. The van der Waals surface area contributed by atoms with Crippen molar-refractivity contribution >= 4 is 18.0 Å². The molecule has 2 amide bonds. The largest absolute Gasteiger partial charge is 0.478 e. The average molecular weight is 437 g/mol. The normalized spacial score (nSPS) is 13.6. The fourth-order valence-corrected chi connectivity index (χ4v) is 3.75. The highest BCUT2D eigenvalue weighted by molar-refractivity contribution is 5.86. The molecule has 0 saturated carbocycles. The van der Waals surface area contributed by atoms with Gasteiger partial charge in [0, 0.05) is 30.5 Å². The molecule has 0 heterocycles. The van der Waals surface area contributed by atoms with Crippen molar-refractivity contribution in [2.45, 2.75) is 38.6 Å². The Morgan fingerprint density at radius 1 is 1.06 bits per heavy atom. The molecule has 1 aliphatic carbocycles. The molecule has 0 fully saturated rings. The number of hydrogen-bond acceptors (Lipinski definition) is 4. The first kappa shape index (κ1) is 23.1. The second kappa shape index (κ2) is 10.6. The first-order chi connectivity index (χ1) is 15.4. The lowest BCUT2D eigenvalue weighted by atomic mass is 9.98. The molecule has 0 bridgehead atoms. The lowest BCUT2D eigenvalue weighted by Crippen LogP contribution is -2.35. The molecule has 1 aliphatic rings. The van der Waals surface area contributed by atoms with Gasteiger partial charge >= 0.3 is 12.1 Å². The van der Waals surface area contributed by atoms with Crippen LogP contribution in [0, 0.1) is 0 Å². The summed E-state index contributed by atoms with van der Waals surface area (Å²) in [6, 6.07) is 16.0. The van der Waals surface area contributed by atoms with Crippen LogP contribution >= 0.6 is 0 Å². The van der Waals surface area contributed by atoms with E-state index >= 15 is 0 Å². The van der Waals surface area contributed by atoms with Crippen molar-refractivity contribution in [3.63, 3.8) is 0 Å². The number of ether oxygens (including phenoxy) is 1. The van der Waals surface area contributed by atoms with E-state index in [9.17, 15) is 14.4 Å². The molecule has 7 nitrogen and oxygen atoms in total. The zero-order valence-electron chi connectivity index (χ0n) is 18.3. The fraction of sp³-hybridized carbons (Fsp3) is 0.320. The molecule has 168 valence electrons.